The van der Waals surface area contributed by atoms with E-state index < -0.39 is 0 Å². The smallest absolute Gasteiger partial charge is 0.238 e. The zero-order valence-electron chi connectivity index (χ0n) is 11.0. The van der Waals surface area contributed by atoms with E-state index in [1.54, 1.807) is 7.11 Å². The van der Waals surface area contributed by atoms with Crippen molar-refractivity contribution in [3.8, 4) is 0 Å². The summed E-state index contributed by atoms with van der Waals surface area (Å²) in [6.45, 7) is 5.52. The molecular formula is C13H19BrN2O2. The largest absolute Gasteiger partial charge is 0.383 e. The van der Waals surface area contributed by atoms with Crippen LogP contribution in [0.3, 0.4) is 0 Å². The van der Waals surface area contributed by atoms with Crippen LogP contribution in [0.2, 0.25) is 0 Å². The van der Waals surface area contributed by atoms with Crippen molar-refractivity contribution in [2.75, 3.05) is 32.1 Å². The lowest BCUT2D eigenvalue weighted by Gasteiger charge is -2.12. The molecule has 0 saturated carbocycles. The number of carbonyl (C=O) groups excluding carboxylic acids is 1. The second-order valence-electron chi connectivity index (χ2n) is 4.13. The Hall–Kier alpha value is -0.910. The molecule has 0 aliphatic carbocycles. The number of nitrogens with one attached hydrogen (secondary N) is 2. The molecular weight excluding hydrogens is 296 g/mol. The molecule has 0 bridgehead atoms. The Balaban J connectivity index is 2.54. The van der Waals surface area contributed by atoms with Gasteiger partial charge in [-0.1, -0.05) is 15.9 Å². The van der Waals surface area contributed by atoms with Gasteiger partial charge in [0.2, 0.25) is 5.91 Å². The molecule has 100 valence electrons. The lowest BCUT2D eigenvalue weighted by molar-refractivity contribution is -0.115. The molecule has 0 fully saturated rings. The summed E-state index contributed by atoms with van der Waals surface area (Å²) >= 11 is 3.43. The summed E-state index contributed by atoms with van der Waals surface area (Å²) in [6, 6.07) is 3.97. The molecule has 1 aromatic rings. The summed E-state index contributed by atoms with van der Waals surface area (Å²) in [7, 11) is 1.64. The first kappa shape index (κ1) is 15.1. The van der Waals surface area contributed by atoms with Gasteiger partial charge in [0.05, 0.1) is 13.2 Å². The number of ether oxygens (including phenoxy) is 1. The summed E-state index contributed by atoms with van der Waals surface area (Å²) in [5.74, 6) is -0.0420. The Labute approximate surface area is 116 Å². The molecule has 0 aromatic heterocycles. The first-order chi connectivity index (χ1) is 8.54. The molecule has 0 aliphatic heterocycles. The number of aryl methyl sites for hydroxylation is 2. The van der Waals surface area contributed by atoms with E-state index in [0.29, 0.717) is 13.2 Å². The molecule has 0 unspecified atom stereocenters. The first-order valence-corrected chi connectivity index (χ1v) is 6.60. The molecule has 0 atom stereocenters. The second kappa shape index (κ2) is 7.51. The highest BCUT2D eigenvalue weighted by Crippen LogP contribution is 2.24. The fourth-order valence-corrected chi connectivity index (χ4v) is 2.35. The quantitative estimate of drug-likeness (QED) is 0.792. The summed E-state index contributed by atoms with van der Waals surface area (Å²) in [4.78, 5) is 11.7. The van der Waals surface area contributed by atoms with E-state index in [9.17, 15) is 4.79 Å². The van der Waals surface area contributed by atoms with E-state index in [2.05, 4.69) is 26.6 Å². The zero-order valence-corrected chi connectivity index (χ0v) is 12.6. The summed E-state index contributed by atoms with van der Waals surface area (Å²) in [5, 5.41) is 5.93. The third kappa shape index (κ3) is 4.76. The predicted octanol–water partition coefficient (Wildman–Crippen LogP) is 2.24. The van der Waals surface area contributed by atoms with Gasteiger partial charge < -0.3 is 15.4 Å². The van der Waals surface area contributed by atoms with Crippen LogP contribution in [-0.4, -0.2) is 32.7 Å². The van der Waals surface area contributed by atoms with E-state index in [1.807, 2.05) is 26.0 Å². The van der Waals surface area contributed by atoms with E-state index >= 15 is 0 Å². The van der Waals surface area contributed by atoms with Gasteiger partial charge in [0, 0.05) is 23.8 Å². The van der Waals surface area contributed by atoms with Gasteiger partial charge in [0.15, 0.2) is 0 Å². The van der Waals surface area contributed by atoms with Gasteiger partial charge in [0.25, 0.3) is 0 Å². The fourth-order valence-electron chi connectivity index (χ4n) is 1.67. The number of hydrogen-bond acceptors (Lipinski definition) is 3. The number of halogens is 1. The van der Waals surface area contributed by atoms with Gasteiger partial charge in [-0.2, -0.15) is 0 Å². The molecule has 0 saturated heterocycles. The molecule has 0 spiro atoms. The van der Waals surface area contributed by atoms with Crippen LogP contribution in [-0.2, 0) is 9.53 Å². The molecule has 1 aromatic carbocycles. The predicted molar refractivity (Wildman–Crippen MR) is 77.0 cm³/mol. The van der Waals surface area contributed by atoms with E-state index in [-0.39, 0.29) is 12.5 Å². The lowest BCUT2D eigenvalue weighted by Crippen LogP contribution is -2.30. The van der Waals surface area contributed by atoms with Crippen LogP contribution in [0, 0.1) is 13.8 Å². The molecule has 0 radical (unpaired) electrons. The maximum absolute atomic E-state index is 11.7. The molecule has 0 heterocycles. The van der Waals surface area contributed by atoms with Crippen LogP contribution < -0.4 is 10.6 Å². The number of amides is 1. The number of anilines is 1. The summed E-state index contributed by atoms with van der Waals surface area (Å²) < 4.78 is 5.92. The van der Waals surface area contributed by atoms with Crippen LogP contribution >= 0.6 is 15.9 Å². The zero-order chi connectivity index (χ0) is 13.5. The van der Waals surface area contributed by atoms with Gasteiger partial charge in [-0.25, -0.2) is 0 Å². The number of hydrogen-bond donors (Lipinski definition) is 2. The van der Waals surface area contributed by atoms with Crippen molar-refractivity contribution in [2.24, 2.45) is 0 Å². The third-order valence-electron chi connectivity index (χ3n) is 2.53. The Bertz CT molecular complexity index is 398. The van der Waals surface area contributed by atoms with Crippen molar-refractivity contribution >= 4 is 27.5 Å². The monoisotopic (exact) mass is 314 g/mol. The Morgan fingerprint density at radius 3 is 2.50 bits per heavy atom. The normalized spacial score (nSPS) is 10.4. The van der Waals surface area contributed by atoms with Crippen molar-refractivity contribution in [1.29, 1.82) is 0 Å². The minimum absolute atomic E-state index is 0.0420. The molecule has 1 amide bonds. The van der Waals surface area contributed by atoms with Crippen LogP contribution in [0.1, 0.15) is 11.1 Å². The van der Waals surface area contributed by atoms with Gasteiger partial charge in [-0.05, 0) is 37.1 Å². The molecule has 1 rings (SSSR count). The van der Waals surface area contributed by atoms with Crippen LogP contribution in [0.5, 0.6) is 0 Å². The highest BCUT2D eigenvalue weighted by molar-refractivity contribution is 9.10. The van der Waals surface area contributed by atoms with Gasteiger partial charge >= 0.3 is 0 Å². The standard InChI is InChI=1S/C13H19BrN2O2/c1-9-6-11(14)7-10(2)13(9)16-12(17)8-15-4-5-18-3/h6-7,15H,4-5,8H2,1-3H3,(H,16,17). The SMILES string of the molecule is COCCNCC(=O)Nc1c(C)cc(Br)cc1C. The van der Waals surface area contributed by atoms with Crippen molar-refractivity contribution in [1.82, 2.24) is 5.32 Å². The van der Waals surface area contributed by atoms with Gasteiger partial charge in [-0.15, -0.1) is 0 Å². The van der Waals surface area contributed by atoms with Crippen molar-refractivity contribution < 1.29 is 9.53 Å². The Kier molecular flexibility index (Phi) is 6.32. The molecule has 0 aliphatic rings. The molecule has 4 nitrogen and oxygen atoms in total. The Morgan fingerprint density at radius 2 is 1.94 bits per heavy atom. The fraction of sp³-hybridized carbons (Fsp3) is 0.462. The second-order valence-corrected chi connectivity index (χ2v) is 5.05. The Morgan fingerprint density at radius 1 is 1.33 bits per heavy atom. The number of benzene rings is 1. The number of carbonyl (C=O) groups is 1. The molecule has 18 heavy (non-hydrogen) atoms. The van der Waals surface area contributed by atoms with E-state index in [4.69, 9.17) is 4.74 Å². The van der Waals surface area contributed by atoms with Crippen molar-refractivity contribution in [3.63, 3.8) is 0 Å². The third-order valence-corrected chi connectivity index (χ3v) is 2.99. The topological polar surface area (TPSA) is 50.4 Å². The van der Waals surface area contributed by atoms with Crippen LogP contribution in [0.4, 0.5) is 5.69 Å². The van der Waals surface area contributed by atoms with Crippen LogP contribution in [0.25, 0.3) is 0 Å². The summed E-state index contributed by atoms with van der Waals surface area (Å²) in [5.41, 5.74) is 2.98. The van der Waals surface area contributed by atoms with Crippen molar-refractivity contribution in [3.05, 3.63) is 27.7 Å². The first-order valence-electron chi connectivity index (χ1n) is 5.81. The van der Waals surface area contributed by atoms with Crippen molar-refractivity contribution in [2.45, 2.75) is 13.8 Å². The van der Waals surface area contributed by atoms with E-state index in [1.165, 1.54) is 0 Å². The maximum Gasteiger partial charge on any atom is 0.238 e. The average molecular weight is 315 g/mol. The van der Waals surface area contributed by atoms with Gasteiger partial charge in [0.1, 0.15) is 0 Å². The summed E-state index contributed by atoms with van der Waals surface area (Å²) in [6.07, 6.45) is 0. The number of methoxy groups -OCH3 is 1. The van der Waals surface area contributed by atoms with Crippen LogP contribution in [0.15, 0.2) is 16.6 Å². The molecule has 2 N–H and O–H groups in total. The lowest BCUT2D eigenvalue weighted by atomic mass is 10.1. The highest BCUT2D eigenvalue weighted by Gasteiger charge is 2.08. The average Bonchev–Trinajstić information content (AvgIpc) is 2.29. The minimum Gasteiger partial charge on any atom is -0.383 e. The van der Waals surface area contributed by atoms with Gasteiger partial charge in [-0.3, -0.25) is 4.79 Å². The maximum atomic E-state index is 11.7. The highest BCUT2D eigenvalue weighted by atomic mass is 79.9. The number of rotatable bonds is 6. The minimum atomic E-state index is -0.0420. The van der Waals surface area contributed by atoms with E-state index in [0.717, 1.165) is 21.3 Å². The molecule has 5 heteroatoms.